The van der Waals surface area contributed by atoms with E-state index < -0.39 is 35.3 Å². The van der Waals surface area contributed by atoms with Crippen LogP contribution in [0.25, 0.3) is 0 Å². The van der Waals surface area contributed by atoms with E-state index in [1.165, 1.54) is 26.4 Å². The Balaban J connectivity index is 2.47. The van der Waals surface area contributed by atoms with Crippen molar-refractivity contribution in [2.75, 3.05) is 25.9 Å². The van der Waals surface area contributed by atoms with Crippen LogP contribution in [0.1, 0.15) is 26.3 Å². The smallest absolute Gasteiger partial charge is 0.414 e. The monoisotopic (exact) mass is 607 g/mol. The molecule has 0 atom stereocenters. The lowest BCUT2D eigenvalue weighted by atomic mass is 10.1. The molecule has 2 aromatic rings. The van der Waals surface area contributed by atoms with Gasteiger partial charge in [-0.3, -0.25) is 24.5 Å². The molecule has 0 saturated heterocycles. The summed E-state index contributed by atoms with van der Waals surface area (Å²) in [7, 11) is 2.95. The van der Waals surface area contributed by atoms with E-state index in [1.807, 2.05) is 5.32 Å². The molecule has 0 bridgehead atoms. The first-order chi connectivity index (χ1) is 18.2. The molecule has 0 saturated carbocycles. The lowest BCUT2D eigenvalue weighted by molar-refractivity contribution is -0.147. The van der Waals surface area contributed by atoms with E-state index in [0.717, 1.165) is 10.1 Å². The molecule has 210 valence electrons. The maximum Gasteiger partial charge on any atom is 0.414 e. The topological polar surface area (TPSA) is 170 Å². The molecular weight excluding hydrogens is 578 g/mol. The number of imide groups is 1. The number of anilines is 1. The summed E-state index contributed by atoms with van der Waals surface area (Å²) in [6, 6.07) is 11.3. The van der Waals surface area contributed by atoms with E-state index >= 15 is 0 Å². The van der Waals surface area contributed by atoms with Gasteiger partial charge in [-0.15, -0.1) is 0 Å². The first-order valence-electron chi connectivity index (χ1n) is 11.5. The van der Waals surface area contributed by atoms with Crippen LogP contribution in [0.15, 0.2) is 46.9 Å². The van der Waals surface area contributed by atoms with Gasteiger partial charge in [0.05, 0.1) is 19.9 Å². The zero-order valence-electron chi connectivity index (χ0n) is 22.1. The summed E-state index contributed by atoms with van der Waals surface area (Å²) in [6.45, 7) is 4.56. The molecule has 0 spiro atoms. The summed E-state index contributed by atoms with van der Waals surface area (Å²) >= 11 is 3.30. The van der Waals surface area contributed by atoms with Crippen LogP contribution in [0.5, 0.6) is 11.5 Å². The van der Waals surface area contributed by atoms with Gasteiger partial charge in [0.1, 0.15) is 5.60 Å². The average Bonchev–Trinajstić information content (AvgIpc) is 2.86. The Morgan fingerprint density at radius 1 is 0.923 bits per heavy atom. The Hall–Kier alpha value is -4.33. The van der Waals surface area contributed by atoms with Crippen molar-refractivity contribution in [2.24, 2.45) is 5.73 Å². The van der Waals surface area contributed by atoms with Crippen LogP contribution in [0.3, 0.4) is 0 Å². The molecule has 0 unspecified atom stereocenters. The van der Waals surface area contributed by atoms with Crippen molar-refractivity contribution in [3.05, 3.63) is 52.5 Å². The van der Waals surface area contributed by atoms with E-state index in [-0.39, 0.29) is 18.7 Å². The van der Waals surface area contributed by atoms with Crippen LogP contribution in [-0.2, 0) is 30.3 Å². The number of halogens is 1. The van der Waals surface area contributed by atoms with Gasteiger partial charge in [0.2, 0.25) is 0 Å². The van der Waals surface area contributed by atoms with Gasteiger partial charge in [-0.05, 0) is 69.2 Å². The van der Waals surface area contributed by atoms with Gasteiger partial charge in [-0.2, -0.15) is 5.12 Å². The normalized spacial score (nSPS) is 10.6. The predicted octanol–water partition coefficient (Wildman–Crippen LogP) is 1.83. The van der Waals surface area contributed by atoms with E-state index in [0.29, 0.717) is 21.5 Å². The van der Waals surface area contributed by atoms with Crippen molar-refractivity contribution in [3.8, 4) is 11.5 Å². The van der Waals surface area contributed by atoms with E-state index in [2.05, 4.69) is 21.4 Å². The van der Waals surface area contributed by atoms with Gasteiger partial charge in [-0.25, -0.2) is 15.2 Å². The number of amides is 5. The molecule has 0 aliphatic heterocycles. The highest BCUT2D eigenvalue weighted by Crippen LogP contribution is 2.28. The number of nitrogens with zero attached hydrogens (tertiary/aromatic N) is 2. The second kappa shape index (κ2) is 13.5. The summed E-state index contributed by atoms with van der Waals surface area (Å²) in [5, 5.41) is 3.62. The van der Waals surface area contributed by atoms with Crippen molar-refractivity contribution in [3.63, 3.8) is 0 Å². The summed E-state index contributed by atoms with van der Waals surface area (Å²) in [6.07, 6.45) is -0.997. The maximum atomic E-state index is 13.4. The highest BCUT2D eigenvalue weighted by Gasteiger charge is 2.32. The van der Waals surface area contributed by atoms with Crippen molar-refractivity contribution >= 4 is 51.3 Å². The summed E-state index contributed by atoms with van der Waals surface area (Å²) < 4.78 is 16.3. The second-order valence-corrected chi connectivity index (χ2v) is 9.83. The molecule has 4 N–H and O–H groups in total. The number of hydrazine groups is 2. The lowest BCUT2D eigenvalue weighted by Gasteiger charge is -2.35. The molecule has 5 amide bonds. The number of nitrogens with two attached hydrogens (primary N) is 1. The molecule has 39 heavy (non-hydrogen) atoms. The number of nitrogens with one attached hydrogen (secondary N) is 2. The quantitative estimate of drug-likeness (QED) is 0.299. The van der Waals surface area contributed by atoms with Crippen LogP contribution in [-0.4, -0.2) is 61.1 Å². The standard InChI is InChI=1S/C25H30BrN5O8/c1-25(2,3)39-24(36)28-22(34)23(35)30(13-12-15-6-11-18(37-4)19(14-15)38-5)31(29-21(33)20(27)32)17-9-7-16(26)8-10-17/h6-11,14H,12-13H2,1-5H3,(H2,27,32)(H,29,33)(H,28,34,36). The molecule has 0 aromatic heterocycles. The number of hydrogen-bond donors (Lipinski definition) is 3. The number of primary amides is 1. The fraction of sp³-hybridized carbons (Fsp3) is 0.320. The molecule has 13 nitrogen and oxygen atoms in total. The predicted molar refractivity (Wildman–Crippen MR) is 143 cm³/mol. The molecule has 2 aromatic carbocycles. The van der Waals surface area contributed by atoms with Crippen molar-refractivity contribution in [2.45, 2.75) is 32.8 Å². The highest BCUT2D eigenvalue weighted by atomic mass is 79.9. The number of ether oxygens (including phenoxy) is 3. The van der Waals surface area contributed by atoms with Gasteiger partial charge in [-0.1, -0.05) is 22.0 Å². The second-order valence-electron chi connectivity index (χ2n) is 8.92. The third kappa shape index (κ3) is 9.17. The zero-order valence-corrected chi connectivity index (χ0v) is 23.7. The largest absolute Gasteiger partial charge is 0.493 e. The van der Waals surface area contributed by atoms with E-state index in [9.17, 15) is 24.0 Å². The Labute approximate surface area is 233 Å². The number of methoxy groups -OCH3 is 2. The molecule has 0 aliphatic carbocycles. The first-order valence-corrected chi connectivity index (χ1v) is 12.3. The summed E-state index contributed by atoms with van der Waals surface area (Å²) in [4.78, 5) is 62.1. The molecule has 14 heteroatoms. The SMILES string of the molecule is COc1ccc(CCN(C(=O)C(=O)NC(=O)OC(C)(C)C)N(NC(=O)C(N)=O)c2ccc(Br)cc2)cc1OC. The molecule has 0 heterocycles. The highest BCUT2D eigenvalue weighted by molar-refractivity contribution is 9.10. The summed E-state index contributed by atoms with van der Waals surface area (Å²) in [5.41, 5.74) is 7.28. The van der Waals surface area contributed by atoms with Crippen LogP contribution in [0, 0.1) is 0 Å². The minimum Gasteiger partial charge on any atom is -0.493 e. The van der Waals surface area contributed by atoms with Gasteiger partial charge >= 0.3 is 29.7 Å². The van der Waals surface area contributed by atoms with Gasteiger partial charge in [0, 0.05) is 11.0 Å². The van der Waals surface area contributed by atoms with E-state index in [4.69, 9.17) is 19.9 Å². The number of carbonyl (C=O) groups excluding carboxylic acids is 5. The minimum atomic E-state index is -1.34. The van der Waals surface area contributed by atoms with Crippen molar-refractivity contribution < 1.29 is 38.2 Å². The number of benzene rings is 2. The van der Waals surface area contributed by atoms with Crippen molar-refractivity contribution in [1.29, 1.82) is 0 Å². The Kier molecular flexibility index (Phi) is 10.7. The Morgan fingerprint density at radius 3 is 2.08 bits per heavy atom. The number of carbonyl (C=O) groups is 5. The average molecular weight is 608 g/mol. The zero-order chi connectivity index (χ0) is 29.3. The third-order valence-corrected chi connectivity index (χ3v) is 5.38. The number of rotatable bonds is 8. The van der Waals surface area contributed by atoms with Gasteiger partial charge in [0.25, 0.3) is 0 Å². The van der Waals surface area contributed by atoms with Crippen LogP contribution >= 0.6 is 15.9 Å². The number of alkyl carbamates (subject to hydrolysis) is 1. The lowest BCUT2D eigenvalue weighted by Crippen LogP contribution is -2.61. The molecule has 2 rings (SSSR count). The van der Waals surface area contributed by atoms with Gasteiger partial charge < -0.3 is 19.9 Å². The number of hydrogen-bond acceptors (Lipinski definition) is 9. The Morgan fingerprint density at radius 2 is 1.54 bits per heavy atom. The molecule has 0 aliphatic rings. The fourth-order valence-electron chi connectivity index (χ4n) is 3.13. The Bertz CT molecular complexity index is 1230. The van der Waals surface area contributed by atoms with Crippen LogP contribution in [0.2, 0.25) is 0 Å². The molecule has 0 radical (unpaired) electrons. The third-order valence-electron chi connectivity index (χ3n) is 4.85. The molecular formula is C25H30BrN5O8. The van der Waals surface area contributed by atoms with Crippen LogP contribution < -0.4 is 31.1 Å². The summed E-state index contributed by atoms with van der Waals surface area (Å²) in [5.74, 6) is -4.25. The van der Waals surface area contributed by atoms with E-state index in [1.54, 1.807) is 51.1 Å². The maximum absolute atomic E-state index is 13.4. The first kappa shape index (κ1) is 30.9. The van der Waals surface area contributed by atoms with Crippen molar-refractivity contribution in [1.82, 2.24) is 15.8 Å². The molecule has 0 fully saturated rings. The van der Waals surface area contributed by atoms with Crippen LogP contribution in [0.4, 0.5) is 10.5 Å². The minimum absolute atomic E-state index is 0.144. The fourth-order valence-corrected chi connectivity index (χ4v) is 3.39. The van der Waals surface area contributed by atoms with Gasteiger partial charge in [0.15, 0.2) is 11.5 Å².